The number of nitrogens with one attached hydrogen (secondary N) is 1. The van der Waals surface area contributed by atoms with Crippen LogP contribution in [-0.2, 0) is 11.8 Å². The van der Waals surface area contributed by atoms with Crippen molar-refractivity contribution in [3.8, 4) is 0 Å². The van der Waals surface area contributed by atoms with Gasteiger partial charge in [-0.25, -0.2) is 4.98 Å². The SMILES string of the molecule is Cc1nn(C)c2ncc(NC(=O)C=Cc3ccc(Cl)cc3)cc12. The average molecular weight is 327 g/mol. The van der Waals surface area contributed by atoms with Crippen molar-refractivity contribution in [1.82, 2.24) is 14.8 Å². The average Bonchev–Trinajstić information content (AvgIpc) is 2.81. The highest BCUT2D eigenvalue weighted by atomic mass is 35.5. The predicted molar refractivity (Wildman–Crippen MR) is 92.4 cm³/mol. The molecule has 3 rings (SSSR count). The lowest BCUT2D eigenvalue weighted by molar-refractivity contribution is -0.111. The lowest BCUT2D eigenvalue weighted by Gasteiger charge is -2.02. The molecule has 0 fully saturated rings. The maximum absolute atomic E-state index is 12.0. The number of fused-ring (bicyclic) bond motifs is 1. The van der Waals surface area contributed by atoms with E-state index < -0.39 is 0 Å². The number of amides is 1. The van der Waals surface area contributed by atoms with Gasteiger partial charge < -0.3 is 5.32 Å². The van der Waals surface area contributed by atoms with E-state index in [0.717, 1.165) is 22.3 Å². The quantitative estimate of drug-likeness (QED) is 0.748. The Hall–Kier alpha value is -2.66. The molecule has 2 heterocycles. The number of rotatable bonds is 3. The fourth-order valence-electron chi connectivity index (χ4n) is 2.31. The molecule has 1 aromatic carbocycles. The zero-order chi connectivity index (χ0) is 16.4. The molecule has 0 radical (unpaired) electrons. The van der Waals surface area contributed by atoms with Crippen LogP contribution in [0, 0.1) is 6.92 Å². The van der Waals surface area contributed by atoms with Crippen molar-refractivity contribution in [2.45, 2.75) is 6.92 Å². The molecule has 0 aliphatic rings. The van der Waals surface area contributed by atoms with E-state index in [-0.39, 0.29) is 5.91 Å². The van der Waals surface area contributed by atoms with Gasteiger partial charge in [0.1, 0.15) is 0 Å². The van der Waals surface area contributed by atoms with Gasteiger partial charge in [-0.2, -0.15) is 5.10 Å². The molecule has 0 saturated heterocycles. The number of anilines is 1. The highest BCUT2D eigenvalue weighted by Gasteiger charge is 2.07. The van der Waals surface area contributed by atoms with Crippen molar-refractivity contribution in [2.24, 2.45) is 7.05 Å². The second-order valence-corrected chi connectivity index (χ2v) is 5.61. The van der Waals surface area contributed by atoms with Crippen LogP contribution in [0.5, 0.6) is 0 Å². The van der Waals surface area contributed by atoms with Crippen molar-refractivity contribution in [3.63, 3.8) is 0 Å². The van der Waals surface area contributed by atoms with Crippen molar-refractivity contribution in [1.29, 1.82) is 0 Å². The number of halogens is 1. The van der Waals surface area contributed by atoms with E-state index in [0.29, 0.717) is 10.7 Å². The molecule has 0 saturated carbocycles. The first-order valence-corrected chi connectivity index (χ1v) is 7.45. The molecule has 0 spiro atoms. The van der Waals surface area contributed by atoms with Gasteiger partial charge in [0.15, 0.2) is 5.65 Å². The number of carbonyl (C=O) groups excluding carboxylic acids is 1. The molecule has 0 aliphatic carbocycles. The van der Waals surface area contributed by atoms with Crippen molar-refractivity contribution < 1.29 is 4.79 Å². The Labute approximate surface area is 138 Å². The van der Waals surface area contributed by atoms with Gasteiger partial charge >= 0.3 is 0 Å². The number of nitrogens with zero attached hydrogens (tertiary/aromatic N) is 3. The van der Waals surface area contributed by atoms with Crippen LogP contribution in [0.2, 0.25) is 5.02 Å². The van der Waals surface area contributed by atoms with E-state index in [1.54, 1.807) is 29.1 Å². The molecule has 1 amide bonds. The molecule has 0 atom stereocenters. The lowest BCUT2D eigenvalue weighted by atomic mass is 10.2. The number of benzene rings is 1. The fraction of sp³-hybridized carbons (Fsp3) is 0.118. The summed E-state index contributed by atoms with van der Waals surface area (Å²) in [6, 6.07) is 9.13. The van der Waals surface area contributed by atoms with Gasteiger partial charge in [0, 0.05) is 23.5 Å². The number of hydrogen-bond acceptors (Lipinski definition) is 3. The molecular weight excluding hydrogens is 312 g/mol. The smallest absolute Gasteiger partial charge is 0.248 e. The normalized spacial score (nSPS) is 11.3. The first-order chi connectivity index (χ1) is 11.0. The summed E-state index contributed by atoms with van der Waals surface area (Å²) >= 11 is 5.83. The Morgan fingerprint density at radius 3 is 2.78 bits per heavy atom. The molecular formula is C17H15ClN4O. The van der Waals surface area contributed by atoms with Gasteiger partial charge in [-0.1, -0.05) is 23.7 Å². The maximum atomic E-state index is 12.0. The standard InChI is InChI=1S/C17H15ClN4O/c1-11-15-9-14(10-19-17(15)22(2)21-11)20-16(23)8-5-12-3-6-13(18)7-4-12/h3-10H,1-2H3,(H,20,23). The third-order valence-electron chi connectivity index (χ3n) is 3.43. The van der Waals surface area contributed by atoms with E-state index in [9.17, 15) is 4.79 Å². The number of aromatic nitrogens is 3. The van der Waals surface area contributed by atoms with Crippen LogP contribution < -0.4 is 5.32 Å². The van der Waals surface area contributed by atoms with Crippen LogP contribution in [0.1, 0.15) is 11.3 Å². The highest BCUT2D eigenvalue weighted by molar-refractivity contribution is 6.30. The molecule has 116 valence electrons. The summed E-state index contributed by atoms with van der Waals surface area (Å²) in [5, 5.41) is 8.70. The van der Waals surface area contributed by atoms with Gasteiger partial charge in [0.25, 0.3) is 0 Å². The summed E-state index contributed by atoms with van der Waals surface area (Å²) in [5.41, 5.74) is 3.21. The zero-order valence-electron chi connectivity index (χ0n) is 12.7. The van der Waals surface area contributed by atoms with E-state index >= 15 is 0 Å². The van der Waals surface area contributed by atoms with E-state index in [2.05, 4.69) is 15.4 Å². The predicted octanol–water partition coefficient (Wildman–Crippen LogP) is 3.58. The second-order valence-electron chi connectivity index (χ2n) is 5.18. The van der Waals surface area contributed by atoms with Gasteiger partial charge in [0.2, 0.25) is 5.91 Å². The molecule has 5 nitrogen and oxygen atoms in total. The maximum Gasteiger partial charge on any atom is 0.248 e. The van der Waals surface area contributed by atoms with Gasteiger partial charge in [-0.3, -0.25) is 9.48 Å². The minimum atomic E-state index is -0.220. The fourth-order valence-corrected chi connectivity index (χ4v) is 2.43. The van der Waals surface area contributed by atoms with Gasteiger partial charge in [-0.05, 0) is 36.8 Å². The first-order valence-electron chi connectivity index (χ1n) is 7.07. The minimum Gasteiger partial charge on any atom is -0.321 e. The van der Waals surface area contributed by atoms with Crippen LogP contribution in [0.15, 0.2) is 42.6 Å². The summed E-state index contributed by atoms with van der Waals surface area (Å²) < 4.78 is 1.72. The van der Waals surface area contributed by atoms with E-state index in [4.69, 9.17) is 11.6 Å². The number of pyridine rings is 1. The lowest BCUT2D eigenvalue weighted by Crippen LogP contribution is -2.08. The third kappa shape index (κ3) is 3.40. The van der Waals surface area contributed by atoms with E-state index in [1.165, 1.54) is 6.08 Å². The van der Waals surface area contributed by atoms with Crippen molar-refractivity contribution in [2.75, 3.05) is 5.32 Å². The minimum absolute atomic E-state index is 0.220. The molecule has 0 unspecified atom stereocenters. The van der Waals surface area contributed by atoms with Crippen LogP contribution in [-0.4, -0.2) is 20.7 Å². The number of hydrogen-bond donors (Lipinski definition) is 1. The molecule has 23 heavy (non-hydrogen) atoms. The zero-order valence-corrected chi connectivity index (χ0v) is 13.5. The van der Waals surface area contributed by atoms with Gasteiger partial charge in [0.05, 0.1) is 17.6 Å². The Morgan fingerprint density at radius 1 is 1.30 bits per heavy atom. The van der Waals surface area contributed by atoms with Crippen LogP contribution in [0.25, 0.3) is 17.1 Å². The molecule has 1 N–H and O–H groups in total. The summed E-state index contributed by atoms with van der Waals surface area (Å²) in [5.74, 6) is -0.220. The Bertz CT molecular complexity index is 897. The summed E-state index contributed by atoms with van der Waals surface area (Å²) in [7, 11) is 1.84. The number of aryl methyl sites for hydroxylation is 2. The summed E-state index contributed by atoms with van der Waals surface area (Å²) in [6.07, 6.45) is 4.83. The molecule has 6 heteroatoms. The molecule has 3 aromatic rings. The Morgan fingerprint density at radius 2 is 2.04 bits per heavy atom. The Kier molecular flexibility index (Phi) is 4.12. The monoisotopic (exact) mass is 326 g/mol. The number of carbonyl (C=O) groups is 1. The van der Waals surface area contributed by atoms with Crippen molar-refractivity contribution in [3.05, 3.63) is 58.9 Å². The summed E-state index contributed by atoms with van der Waals surface area (Å²) in [4.78, 5) is 16.3. The largest absolute Gasteiger partial charge is 0.321 e. The van der Waals surface area contributed by atoms with Crippen LogP contribution in [0.3, 0.4) is 0 Å². The van der Waals surface area contributed by atoms with Gasteiger partial charge in [-0.15, -0.1) is 0 Å². The topological polar surface area (TPSA) is 59.8 Å². The molecule has 2 aromatic heterocycles. The summed E-state index contributed by atoms with van der Waals surface area (Å²) in [6.45, 7) is 1.91. The van der Waals surface area contributed by atoms with E-state index in [1.807, 2.05) is 32.2 Å². The second kappa shape index (κ2) is 6.22. The Balaban J connectivity index is 1.74. The highest BCUT2D eigenvalue weighted by Crippen LogP contribution is 2.19. The first kappa shape index (κ1) is 15.2. The molecule has 0 bridgehead atoms. The van der Waals surface area contributed by atoms with Crippen LogP contribution in [0.4, 0.5) is 5.69 Å². The third-order valence-corrected chi connectivity index (χ3v) is 3.68. The molecule has 0 aliphatic heterocycles. The van der Waals surface area contributed by atoms with Crippen molar-refractivity contribution >= 4 is 40.3 Å². The van der Waals surface area contributed by atoms with Crippen LogP contribution >= 0.6 is 11.6 Å².